The second-order valence-electron chi connectivity index (χ2n) is 4.12. The molecule has 3 N–H and O–H groups in total. The Morgan fingerprint density at radius 2 is 1.81 bits per heavy atom. The number of hydrogen-bond donors (Lipinski definition) is 3. The highest BCUT2D eigenvalue weighted by Crippen LogP contribution is 2.27. The Hall–Kier alpha value is -2.84. The molecule has 3 aromatic rings. The van der Waals surface area contributed by atoms with E-state index in [1.54, 1.807) is 7.05 Å². The molecule has 9 heteroatoms. The number of benzene rings is 1. The highest BCUT2D eigenvalue weighted by Gasteiger charge is 2.15. The fraction of sp³-hybridized carbons (Fsp3) is 0.0833. The van der Waals surface area contributed by atoms with Crippen LogP contribution in [0.2, 0.25) is 0 Å². The molecule has 6 nitrogen and oxygen atoms in total. The number of halogens is 3. The van der Waals surface area contributed by atoms with Gasteiger partial charge in [0.25, 0.3) is 0 Å². The van der Waals surface area contributed by atoms with Crippen LogP contribution in [0.25, 0.3) is 11.2 Å². The highest BCUT2D eigenvalue weighted by molar-refractivity contribution is 5.86. The minimum Gasteiger partial charge on any atom is -0.357 e. The van der Waals surface area contributed by atoms with Crippen molar-refractivity contribution in [2.45, 2.75) is 0 Å². The van der Waals surface area contributed by atoms with Gasteiger partial charge >= 0.3 is 0 Å². The van der Waals surface area contributed by atoms with Crippen LogP contribution in [0.4, 0.5) is 30.6 Å². The van der Waals surface area contributed by atoms with Crippen LogP contribution in [-0.2, 0) is 0 Å². The Morgan fingerprint density at radius 3 is 2.48 bits per heavy atom. The number of aromatic amines is 1. The fourth-order valence-corrected chi connectivity index (χ4v) is 1.82. The van der Waals surface area contributed by atoms with Gasteiger partial charge in [-0.1, -0.05) is 0 Å². The molecule has 0 aliphatic carbocycles. The van der Waals surface area contributed by atoms with Crippen molar-refractivity contribution in [3.05, 3.63) is 35.9 Å². The van der Waals surface area contributed by atoms with Gasteiger partial charge in [-0.15, -0.1) is 0 Å². The third-order valence-corrected chi connectivity index (χ3v) is 2.76. The number of imidazole rings is 1. The van der Waals surface area contributed by atoms with Gasteiger partial charge in [-0.3, -0.25) is 0 Å². The predicted octanol–water partition coefficient (Wildman–Crippen LogP) is 2.56. The summed E-state index contributed by atoms with van der Waals surface area (Å²) in [5, 5.41) is 5.20. The van der Waals surface area contributed by atoms with E-state index in [2.05, 4.69) is 30.6 Å². The Balaban J connectivity index is 2.11. The van der Waals surface area contributed by atoms with E-state index in [1.165, 1.54) is 6.33 Å². The molecular formula is C12H9F3N6. The van der Waals surface area contributed by atoms with Crippen LogP contribution in [0.5, 0.6) is 0 Å². The molecule has 21 heavy (non-hydrogen) atoms. The third-order valence-electron chi connectivity index (χ3n) is 2.76. The summed E-state index contributed by atoms with van der Waals surface area (Å²) in [6.07, 6.45) is 1.38. The first kappa shape index (κ1) is 13.2. The van der Waals surface area contributed by atoms with Crippen LogP contribution in [0.15, 0.2) is 18.5 Å². The standard InChI is InChI=1S/C12H9F3N6/c1-16-12-20-10-9(17-4-18-10)11(21-12)19-8-6(14)2-5(13)3-7(8)15/h2-4H,1H3,(H3,16,17,18,19,20,21). The lowest BCUT2D eigenvalue weighted by Gasteiger charge is -2.10. The lowest BCUT2D eigenvalue weighted by molar-refractivity contribution is 0.549. The molecule has 2 aromatic heterocycles. The summed E-state index contributed by atoms with van der Waals surface area (Å²) in [6.45, 7) is 0. The normalized spacial score (nSPS) is 10.9. The summed E-state index contributed by atoms with van der Waals surface area (Å²) in [5.41, 5.74) is 0.185. The Labute approximate surface area is 116 Å². The number of rotatable bonds is 3. The van der Waals surface area contributed by atoms with Crippen molar-refractivity contribution in [1.29, 1.82) is 0 Å². The molecule has 2 heterocycles. The monoisotopic (exact) mass is 294 g/mol. The summed E-state index contributed by atoms with van der Waals surface area (Å²) >= 11 is 0. The van der Waals surface area contributed by atoms with Gasteiger partial charge in [0, 0.05) is 19.2 Å². The van der Waals surface area contributed by atoms with Crippen molar-refractivity contribution in [2.24, 2.45) is 0 Å². The number of anilines is 3. The SMILES string of the molecule is CNc1nc(Nc2c(F)cc(F)cc2F)c2[nH]cnc2n1. The van der Waals surface area contributed by atoms with E-state index in [9.17, 15) is 13.2 Å². The largest absolute Gasteiger partial charge is 0.357 e. The first-order valence-electron chi connectivity index (χ1n) is 5.89. The van der Waals surface area contributed by atoms with E-state index >= 15 is 0 Å². The molecule has 0 amide bonds. The molecular weight excluding hydrogens is 285 g/mol. The summed E-state index contributed by atoms with van der Waals surface area (Å²) in [7, 11) is 1.59. The number of H-pyrrole nitrogens is 1. The average molecular weight is 294 g/mol. The molecule has 108 valence electrons. The van der Waals surface area contributed by atoms with E-state index < -0.39 is 23.1 Å². The quantitative estimate of drug-likeness (QED) is 0.692. The molecule has 0 spiro atoms. The number of aromatic nitrogens is 4. The number of fused-ring (bicyclic) bond motifs is 1. The molecule has 0 radical (unpaired) electrons. The van der Waals surface area contributed by atoms with Gasteiger partial charge < -0.3 is 15.6 Å². The topological polar surface area (TPSA) is 78.5 Å². The van der Waals surface area contributed by atoms with Gasteiger partial charge in [-0.05, 0) is 0 Å². The maximum absolute atomic E-state index is 13.7. The van der Waals surface area contributed by atoms with E-state index in [4.69, 9.17) is 0 Å². The third kappa shape index (κ3) is 2.33. The zero-order valence-corrected chi connectivity index (χ0v) is 10.7. The van der Waals surface area contributed by atoms with Gasteiger partial charge in [0.1, 0.15) is 17.0 Å². The minimum atomic E-state index is -1.07. The van der Waals surface area contributed by atoms with E-state index in [0.29, 0.717) is 23.3 Å². The summed E-state index contributed by atoms with van der Waals surface area (Å²) in [5.74, 6) is -2.79. The van der Waals surface area contributed by atoms with Gasteiger partial charge in [0.2, 0.25) is 5.95 Å². The van der Waals surface area contributed by atoms with Crippen molar-refractivity contribution in [3.63, 3.8) is 0 Å². The van der Waals surface area contributed by atoms with Gasteiger partial charge in [0.05, 0.1) is 6.33 Å². The van der Waals surface area contributed by atoms with E-state index in [1.807, 2.05) is 0 Å². The summed E-state index contributed by atoms with van der Waals surface area (Å²) in [4.78, 5) is 14.8. The Kier molecular flexibility index (Phi) is 3.09. The van der Waals surface area contributed by atoms with Crippen LogP contribution in [0.3, 0.4) is 0 Å². The summed E-state index contributed by atoms with van der Waals surface area (Å²) < 4.78 is 40.3. The number of nitrogens with zero attached hydrogens (tertiary/aromatic N) is 3. The fourth-order valence-electron chi connectivity index (χ4n) is 1.82. The van der Waals surface area contributed by atoms with Crippen molar-refractivity contribution < 1.29 is 13.2 Å². The molecule has 0 aliphatic rings. The van der Waals surface area contributed by atoms with Crippen molar-refractivity contribution in [1.82, 2.24) is 19.9 Å². The average Bonchev–Trinajstić information content (AvgIpc) is 2.90. The molecule has 0 atom stereocenters. The van der Waals surface area contributed by atoms with Crippen molar-refractivity contribution in [2.75, 3.05) is 17.7 Å². The molecule has 0 saturated heterocycles. The molecule has 0 fully saturated rings. The van der Waals surface area contributed by atoms with E-state index in [-0.39, 0.29) is 11.8 Å². The van der Waals surface area contributed by atoms with Crippen LogP contribution in [0, 0.1) is 17.5 Å². The Morgan fingerprint density at radius 1 is 1.10 bits per heavy atom. The van der Waals surface area contributed by atoms with Crippen molar-refractivity contribution >= 4 is 28.6 Å². The predicted molar refractivity (Wildman–Crippen MR) is 70.8 cm³/mol. The zero-order valence-electron chi connectivity index (χ0n) is 10.7. The smallest absolute Gasteiger partial charge is 0.226 e. The lowest BCUT2D eigenvalue weighted by Crippen LogP contribution is -2.04. The number of nitrogens with one attached hydrogen (secondary N) is 3. The van der Waals surface area contributed by atoms with Crippen LogP contribution < -0.4 is 10.6 Å². The molecule has 0 saturated carbocycles. The van der Waals surface area contributed by atoms with Crippen LogP contribution in [0.1, 0.15) is 0 Å². The maximum atomic E-state index is 13.7. The molecule has 0 aliphatic heterocycles. The van der Waals surface area contributed by atoms with Gasteiger partial charge in [0.15, 0.2) is 23.1 Å². The first-order chi connectivity index (χ1) is 10.1. The second kappa shape index (κ2) is 4.93. The summed E-state index contributed by atoms with van der Waals surface area (Å²) in [6, 6.07) is 1.16. The second-order valence-corrected chi connectivity index (χ2v) is 4.12. The van der Waals surface area contributed by atoms with Crippen LogP contribution >= 0.6 is 0 Å². The number of hydrogen-bond acceptors (Lipinski definition) is 5. The maximum Gasteiger partial charge on any atom is 0.226 e. The molecule has 3 rings (SSSR count). The van der Waals surface area contributed by atoms with Gasteiger partial charge in [-0.25, -0.2) is 18.2 Å². The minimum absolute atomic E-state index is 0.117. The molecule has 0 bridgehead atoms. The van der Waals surface area contributed by atoms with Crippen molar-refractivity contribution in [3.8, 4) is 0 Å². The molecule has 0 unspecified atom stereocenters. The first-order valence-corrected chi connectivity index (χ1v) is 5.89. The lowest BCUT2D eigenvalue weighted by atomic mass is 10.2. The van der Waals surface area contributed by atoms with E-state index in [0.717, 1.165) is 0 Å². The van der Waals surface area contributed by atoms with Gasteiger partial charge in [-0.2, -0.15) is 9.97 Å². The highest BCUT2D eigenvalue weighted by atomic mass is 19.1. The molecule has 1 aromatic carbocycles. The van der Waals surface area contributed by atoms with Crippen LogP contribution in [-0.4, -0.2) is 27.0 Å². The zero-order chi connectivity index (χ0) is 15.0. The Bertz CT molecular complexity index is 793.